The van der Waals surface area contributed by atoms with Gasteiger partial charge in [-0.15, -0.1) is 0 Å². The minimum atomic E-state index is -0.723. The first-order valence-corrected chi connectivity index (χ1v) is 11.8. The van der Waals surface area contributed by atoms with Gasteiger partial charge in [0.15, 0.2) is 0 Å². The van der Waals surface area contributed by atoms with Crippen LogP contribution in [0.5, 0.6) is 5.75 Å². The molecule has 1 aliphatic heterocycles. The van der Waals surface area contributed by atoms with Gasteiger partial charge in [0.05, 0.1) is 17.6 Å². The van der Waals surface area contributed by atoms with Crippen molar-refractivity contribution in [3.63, 3.8) is 0 Å². The third-order valence-electron chi connectivity index (χ3n) is 6.10. The van der Waals surface area contributed by atoms with E-state index in [9.17, 15) is 9.18 Å². The van der Waals surface area contributed by atoms with Crippen LogP contribution in [0.4, 0.5) is 8.78 Å². The summed E-state index contributed by atoms with van der Waals surface area (Å²) in [5.41, 5.74) is 0.987. The molecule has 0 aromatic heterocycles. The van der Waals surface area contributed by atoms with E-state index in [0.717, 1.165) is 13.1 Å². The molecule has 3 aromatic rings. The van der Waals surface area contributed by atoms with Gasteiger partial charge in [-0.3, -0.25) is 4.79 Å². The first-order valence-electron chi connectivity index (χ1n) is 11.4. The number of amides is 1. The molecular formula is C27H27ClF2N2O2. The highest BCUT2D eigenvalue weighted by molar-refractivity contribution is 6.32. The number of hydrogen-bond acceptors (Lipinski definition) is 3. The topological polar surface area (TPSA) is 41.6 Å². The Hall–Kier alpha value is -2.96. The van der Waals surface area contributed by atoms with Crippen molar-refractivity contribution in [3.05, 3.63) is 101 Å². The second-order valence-corrected chi connectivity index (χ2v) is 8.72. The van der Waals surface area contributed by atoms with Gasteiger partial charge in [0.2, 0.25) is 5.91 Å². The standard InChI is InChI=1S/C27H27ClF2N2O2/c28-23-6-2-4-8-25(23)34-18-17-32(27(33)20-13-15-31-16-14-20)26(19-9-11-21(29)12-10-19)22-5-1-3-7-24(22)30/h1-12,20,26,31H,13-18H2. The van der Waals surface area contributed by atoms with Gasteiger partial charge >= 0.3 is 0 Å². The Morgan fingerprint density at radius 3 is 2.38 bits per heavy atom. The van der Waals surface area contributed by atoms with Crippen molar-refractivity contribution < 1.29 is 18.3 Å². The van der Waals surface area contributed by atoms with Gasteiger partial charge in [0.1, 0.15) is 24.0 Å². The molecule has 1 atom stereocenters. The predicted octanol–water partition coefficient (Wildman–Crippen LogP) is 5.61. The molecule has 1 aliphatic rings. The molecule has 1 saturated heterocycles. The number of ether oxygens (including phenoxy) is 1. The van der Waals surface area contributed by atoms with Crippen LogP contribution in [-0.2, 0) is 4.79 Å². The van der Waals surface area contributed by atoms with E-state index in [1.165, 1.54) is 18.2 Å². The van der Waals surface area contributed by atoms with Crippen molar-refractivity contribution in [2.45, 2.75) is 18.9 Å². The van der Waals surface area contributed by atoms with Gasteiger partial charge < -0.3 is 15.0 Å². The number of nitrogens with zero attached hydrogens (tertiary/aromatic N) is 1. The van der Waals surface area contributed by atoms with Crippen LogP contribution < -0.4 is 10.1 Å². The van der Waals surface area contributed by atoms with E-state index in [-0.39, 0.29) is 25.0 Å². The first kappa shape index (κ1) is 24.2. The predicted molar refractivity (Wildman–Crippen MR) is 129 cm³/mol. The van der Waals surface area contributed by atoms with Crippen molar-refractivity contribution in [2.24, 2.45) is 5.92 Å². The highest BCUT2D eigenvalue weighted by Crippen LogP contribution is 2.33. The number of nitrogens with one attached hydrogen (secondary N) is 1. The zero-order chi connectivity index (χ0) is 23.9. The maximum atomic E-state index is 15.0. The second-order valence-electron chi connectivity index (χ2n) is 8.31. The van der Waals surface area contributed by atoms with Gasteiger partial charge in [0, 0.05) is 11.5 Å². The van der Waals surface area contributed by atoms with Crippen LogP contribution in [0.2, 0.25) is 5.02 Å². The third kappa shape index (κ3) is 5.75. The van der Waals surface area contributed by atoms with Crippen molar-refractivity contribution in [3.8, 4) is 5.75 Å². The Kier molecular flexibility index (Phi) is 8.14. The summed E-state index contributed by atoms with van der Waals surface area (Å²) in [5, 5.41) is 3.75. The van der Waals surface area contributed by atoms with Gasteiger partial charge in [-0.25, -0.2) is 8.78 Å². The minimum Gasteiger partial charge on any atom is -0.490 e. The Morgan fingerprint density at radius 2 is 1.68 bits per heavy atom. The van der Waals surface area contributed by atoms with Gasteiger partial charge in [-0.2, -0.15) is 0 Å². The summed E-state index contributed by atoms with van der Waals surface area (Å²) < 4.78 is 34.6. The molecular weight excluding hydrogens is 458 g/mol. The minimum absolute atomic E-state index is 0.0677. The molecule has 1 fully saturated rings. The van der Waals surface area contributed by atoms with Gasteiger partial charge in [-0.1, -0.05) is 54.1 Å². The summed E-state index contributed by atoms with van der Waals surface area (Å²) in [7, 11) is 0. The quantitative estimate of drug-likeness (QED) is 0.451. The average Bonchev–Trinajstić information content (AvgIpc) is 2.86. The summed E-state index contributed by atoms with van der Waals surface area (Å²) in [6, 6.07) is 18.7. The molecule has 7 heteroatoms. The lowest BCUT2D eigenvalue weighted by molar-refractivity contribution is -0.138. The van der Waals surface area contributed by atoms with E-state index in [1.807, 2.05) is 12.1 Å². The number of para-hydroxylation sites is 1. The van der Waals surface area contributed by atoms with E-state index in [4.69, 9.17) is 16.3 Å². The molecule has 34 heavy (non-hydrogen) atoms. The van der Waals surface area contributed by atoms with Crippen molar-refractivity contribution in [1.82, 2.24) is 10.2 Å². The van der Waals surface area contributed by atoms with Crippen LogP contribution in [0, 0.1) is 17.6 Å². The molecule has 1 unspecified atom stereocenters. The van der Waals surface area contributed by atoms with Crippen molar-refractivity contribution >= 4 is 17.5 Å². The summed E-state index contributed by atoms with van der Waals surface area (Å²) in [4.78, 5) is 15.5. The molecule has 0 spiro atoms. The number of carbonyl (C=O) groups is 1. The molecule has 0 aliphatic carbocycles. The van der Waals surface area contributed by atoms with Crippen LogP contribution in [0.15, 0.2) is 72.8 Å². The molecule has 3 aromatic carbocycles. The van der Waals surface area contributed by atoms with Crippen LogP contribution in [-0.4, -0.2) is 37.0 Å². The van der Waals surface area contributed by atoms with Crippen LogP contribution in [0.25, 0.3) is 0 Å². The van der Waals surface area contributed by atoms with Crippen molar-refractivity contribution in [2.75, 3.05) is 26.2 Å². The zero-order valence-electron chi connectivity index (χ0n) is 18.7. The Labute approximate surface area is 203 Å². The van der Waals surface area contributed by atoms with E-state index in [0.29, 0.717) is 34.7 Å². The molecule has 178 valence electrons. The van der Waals surface area contributed by atoms with Crippen molar-refractivity contribution in [1.29, 1.82) is 0 Å². The maximum Gasteiger partial charge on any atom is 0.226 e. The third-order valence-corrected chi connectivity index (χ3v) is 6.41. The first-order chi connectivity index (χ1) is 16.5. The molecule has 0 radical (unpaired) electrons. The maximum absolute atomic E-state index is 15.0. The fourth-order valence-electron chi connectivity index (χ4n) is 4.35. The Balaban J connectivity index is 1.69. The fraction of sp³-hybridized carbons (Fsp3) is 0.296. The van der Waals surface area contributed by atoms with Gasteiger partial charge in [0.25, 0.3) is 0 Å². The molecule has 1 amide bonds. The number of rotatable bonds is 8. The van der Waals surface area contributed by atoms with E-state index in [1.54, 1.807) is 47.4 Å². The Bertz CT molecular complexity index is 1100. The normalized spacial score (nSPS) is 15.0. The number of piperidine rings is 1. The molecule has 0 bridgehead atoms. The number of halogens is 3. The van der Waals surface area contributed by atoms with Crippen LogP contribution in [0.1, 0.15) is 30.0 Å². The highest BCUT2D eigenvalue weighted by atomic mass is 35.5. The molecule has 1 N–H and O–H groups in total. The fourth-order valence-corrected chi connectivity index (χ4v) is 4.55. The lowest BCUT2D eigenvalue weighted by Gasteiger charge is -2.36. The number of hydrogen-bond donors (Lipinski definition) is 1. The summed E-state index contributed by atoms with van der Waals surface area (Å²) in [6.07, 6.45) is 1.40. The molecule has 0 saturated carbocycles. The molecule has 4 nitrogen and oxygen atoms in total. The largest absolute Gasteiger partial charge is 0.490 e. The summed E-state index contributed by atoms with van der Waals surface area (Å²) >= 11 is 6.22. The average molecular weight is 485 g/mol. The van der Waals surface area contributed by atoms with E-state index in [2.05, 4.69) is 5.32 Å². The lowest BCUT2D eigenvalue weighted by Crippen LogP contribution is -2.45. The number of benzene rings is 3. The van der Waals surface area contributed by atoms with E-state index < -0.39 is 17.7 Å². The molecule has 4 rings (SSSR count). The summed E-state index contributed by atoms with van der Waals surface area (Å²) in [6.45, 7) is 1.89. The SMILES string of the molecule is O=C(C1CCNCC1)N(CCOc1ccccc1Cl)C(c1ccc(F)cc1)c1ccccc1F. The number of carbonyl (C=O) groups excluding carboxylic acids is 1. The lowest BCUT2D eigenvalue weighted by atomic mass is 9.92. The smallest absolute Gasteiger partial charge is 0.226 e. The highest BCUT2D eigenvalue weighted by Gasteiger charge is 2.33. The monoisotopic (exact) mass is 484 g/mol. The van der Waals surface area contributed by atoms with Gasteiger partial charge in [-0.05, 0) is 61.8 Å². The van der Waals surface area contributed by atoms with Crippen LogP contribution >= 0.6 is 11.6 Å². The Morgan fingerprint density at radius 1 is 1.00 bits per heavy atom. The summed E-state index contributed by atoms with van der Waals surface area (Å²) in [5.74, 6) is -0.554. The molecule has 1 heterocycles. The zero-order valence-corrected chi connectivity index (χ0v) is 19.5. The second kappa shape index (κ2) is 11.4. The van der Waals surface area contributed by atoms with E-state index >= 15 is 4.39 Å². The van der Waals surface area contributed by atoms with Crippen LogP contribution in [0.3, 0.4) is 0 Å².